The van der Waals surface area contributed by atoms with Crippen LogP contribution in [0.1, 0.15) is 11.5 Å². The van der Waals surface area contributed by atoms with Crippen LogP contribution in [0.2, 0.25) is 5.02 Å². The predicted octanol–water partition coefficient (Wildman–Crippen LogP) is 4.85. The van der Waals surface area contributed by atoms with Gasteiger partial charge in [-0.25, -0.2) is 4.68 Å². The first-order valence-corrected chi connectivity index (χ1v) is 10.9. The van der Waals surface area contributed by atoms with Gasteiger partial charge >= 0.3 is 0 Å². The van der Waals surface area contributed by atoms with Crippen LogP contribution in [0.15, 0.2) is 75.4 Å². The number of rotatable bonds is 6. The number of benzene rings is 2. The molecule has 0 atom stereocenters. The zero-order valence-electron chi connectivity index (χ0n) is 19.1. The third-order valence-electron chi connectivity index (χ3n) is 5.49. The summed E-state index contributed by atoms with van der Waals surface area (Å²) in [5.74, 6) is -0.529. The number of nitro benzene ring substituents is 1. The Kier molecular flexibility index (Phi) is 6.58. The Morgan fingerprint density at radius 3 is 2.58 bits per heavy atom. The van der Waals surface area contributed by atoms with Crippen LogP contribution in [0.25, 0.3) is 23.1 Å². The average Bonchev–Trinajstić information content (AvgIpc) is 3.41. The molecule has 0 saturated carbocycles. The molecule has 0 saturated heterocycles. The molecule has 4 aromatic rings. The molecule has 0 aliphatic rings. The lowest BCUT2D eigenvalue weighted by Crippen LogP contribution is -2.23. The molecule has 180 valence electrons. The van der Waals surface area contributed by atoms with Crippen molar-refractivity contribution in [3.63, 3.8) is 0 Å². The number of carbonyl (C=O) groups excluding carboxylic acids is 1. The fraction of sp³-hybridized carbons (Fsp3) is 0.0800. The lowest BCUT2D eigenvalue weighted by Gasteiger charge is -2.07. The Labute approximate surface area is 209 Å². The first-order chi connectivity index (χ1) is 17.2. The van der Waals surface area contributed by atoms with Crippen LogP contribution >= 0.6 is 11.6 Å². The van der Waals surface area contributed by atoms with E-state index < -0.39 is 16.4 Å². The first kappa shape index (κ1) is 24.3. The molecule has 0 fully saturated rings. The molecule has 0 aliphatic heterocycles. The summed E-state index contributed by atoms with van der Waals surface area (Å²) in [6.45, 7) is 1.67. The van der Waals surface area contributed by atoms with Gasteiger partial charge in [0.2, 0.25) is 0 Å². The molecule has 1 N–H and O–H groups in total. The molecule has 11 heteroatoms. The molecule has 1 amide bonds. The van der Waals surface area contributed by atoms with Crippen LogP contribution in [-0.2, 0) is 11.8 Å². The summed E-state index contributed by atoms with van der Waals surface area (Å²) in [6, 6.07) is 17.8. The molecule has 4 rings (SSSR count). The zero-order valence-corrected chi connectivity index (χ0v) is 19.8. The van der Waals surface area contributed by atoms with Gasteiger partial charge in [0.05, 0.1) is 21.9 Å². The average molecular weight is 504 g/mol. The van der Waals surface area contributed by atoms with Gasteiger partial charge in [-0.2, -0.15) is 5.26 Å². The van der Waals surface area contributed by atoms with Crippen molar-refractivity contribution >= 4 is 35.0 Å². The number of nitriles is 1. The maximum atomic E-state index is 13.0. The van der Waals surface area contributed by atoms with Crippen LogP contribution in [0, 0.1) is 28.4 Å². The molecule has 2 heterocycles. The number of aromatic nitrogens is 2. The van der Waals surface area contributed by atoms with Crippen LogP contribution < -0.4 is 10.9 Å². The van der Waals surface area contributed by atoms with Gasteiger partial charge in [0.15, 0.2) is 0 Å². The Morgan fingerprint density at radius 1 is 1.19 bits per heavy atom. The number of furan rings is 1. The largest absolute Gasteiger partial charge is 0.456 e. The quantitative estimate of drug-likeness (QED) is 0.173. The van der Waals surface area contributed by atoms with Gasteiger partial charge in [-0.05, 0) is 43.3 Å². The van der Waals surface area contributed by atoms with E-state index in [0.717, 1.165) is 0 Å². The summed E-state index contributed by atoms with van der Waals surface area (Å²) in [4.78, 5) is 36.7. The van der Waals surface area contributed by atoms with Crippen LogP contribution in [0.3, 0.4) is 0 Å². The SMILES string of the molecule is Cc1c(NC(=O)/C(C#N)=C\c2ccc(-c3ccc(Cl)cc3[N+](=O)[O-])o2)c(=O)n(-c2ccccc2)n1C. The maximum absolute atomic E-state index is 13.0. The standard InChI is InChI=1S/C25H18ClN5O5/c1-15-23(25(33)30(29(15)2)18-6-4-3-5-7-18)28-24(32)16(14-27)12-19-9-11-22(36-19)20-10-8-17(26)13-21(20)31(34)35/h3-13H,1-2H3,(H,28,32)/b16-12-. The molecule has 2 aromatic heterocycles. The van der Waals surface area contributed by atoms with E-state index in [-0.39, 0.29) is 39.1 Å². The van der Waals surface area contributed by atoms with Gasteiger partial charge in [0, 0.05) is 24.2 Å². The molecule has 2 aromatic carbocycles. The van der Waals surface area contributed by atoms with Gasteiger partial charge in [0.25, 0.3) is 17.2 Å². The molecule has 36 heavy (non-hydrogen) atoms. The van der Waals surface area contributed by atoms with Gasteiger partial charge in [0.1, 0.15) is 28.9 Å². The lowest BCUT2D eigenvalue weighted by atomic mass is 10.1. The fourth-order valence-corrected chi connectivity index (χ4v) is 3.79. The summed E-state index contributed by atoms with van der Waals surface area (Å²) >= 11 is 5.86. The second kappa shape index (κ2) is 9.77. The maximum Gasteiger partial charge on any atom is 0.295 e. The van der Waals surface area contributed by atoms with E-state index in [2.05, 4.69) is 5.32 Å². The molecule has 0 unspecified atom stereocenters. The number of para-hydroxylation sites is 1. The number of halogens is 1. The van der Waals surface area contributed by atoms with Crippen molar-refractivity contribution < 1.29 is 14.1 Å². The zero-order chi connectivity index (χ0) is 26.0. The summed E-state index contributed by atoms with van der Waals surface area (Å²) in [5, 5.41) is 23.7. The minimum absolute atomic E-state index is 0.0319. The van der Waals surface area contributed by atoms with E-state index in [9.17, 15) is 25.0 Å². The van der Waals surface area contributed by atoms with Gasteiger partial charge in [-0.15, -0.1) is 0 Å². The summed E-state index contributed by atoms with van der Waals surface area (Å²) < 4.78 is 8.64. The van der Waals surface area contributed by atoms with Gasteiger partial charge in [-0.3, -0.25) is 24.4 Å². The minimum atomic E-state index is -0.807. The lowest BCUT2D eigenvalue weighted by molar-refractivity contribution is -0.384. The normalized spacial score (nSPS) is 11.2. The van der Waals surface area contributed by atoms with Crippen molar-refractivity contribution in [3.05, 3.63) is 103 Å². The third-order valence-corrected chi connectivity index (χ3v) is 5.73. The number of hydrogen-bond acceptors (Lipinski definition) is 6. The number of hydrogen-bond donors (Lipinski definition) is 1. The van der Waals surface area contributed by atoms with E-state index in [0.29, 0.717) is 11.4 Å². The number of nitrogens with zero attached hydrogens (tertiary/aromatic N) is 4. The second-order valence-electron chi connectivity index (χ2n) is 7.68. The smallest absolute Gasteiger partial charge is 0.295 e. The highest BCUT2D eigenvalue weighted by atomic mass is 35.5. The molecule has 0 aliphatic carbocycles. The Bertz CT molecular complexity index is 1620. The molecule has 0 bridgehead atoms. The summed E-state index contributed by atoms with van der Waals surface area (Å²) in [5.41, 5.74) is 0.296. The predicted molar refractivity (Wildman–Crippen MR) is 134 cm³/mol. The Hall–Kier alpha value is -4.88. The topological polar surface area (TPSA) is 136 Å². The third kappa shape index (κ3) is 4.55. The Balaban J connectivity index is 1.64. The number of anilines is 1. The van der Waals surface area contributed by atoms with E-state index in [1.807, 2.05) is 6.07 Å². The van der Waals surface area contributed by atoms with Crippen molar-refractivity contribution in [1.29, 1.82) is 5.26 Å². The number of nitro groups is 1. The summed E-state index contributed by atoms with van der Waals surface area (Å²) in [7, 11) is 1.68. The minimum Gasteiger partial charge on any atom is -0.456 e. The number of carbonyl (C=O) groups is 1. The highest BCUT2D eigenvalue weighted by Gasteiger charge is 2.21. The van der Waals surface area contributed by atoms with Crippen molar-refractivity contribution in [1.82, 2.24) is 9.36 Å². The first-order valence-electron chi connectivity index (χ1n) is 10.5. The molecule has 0 spiro atoms. The van der Waals surface area contributed by atoms with E-state index >= 15 is 0 Å². The van der Waals surface area contributed by atoms with Crippen molar-refractivity contribution in [2.75, 3.05) is 5.32 Å². The van der Waals surface area contributed by atoms with E-state index in [1.165, 1.54) is 41.1 Å². The van der Waals surface area contributed by atoms with Gasteiger partial charge < -0.3 is 9.73 Å². The van der Waals surface area contributed by atoms with Crippen molar-refractivity contribution in [3.8, 4) is 23.1 Å². The van der Waals surface area contributed by atoms with Crippen molar-refractivity contribution in [2.24, 2.45) is 7.05 Å². The Morgan fingerprint density at radius 2 is 1.92 bits per heavy atom. The monoisotopic (exact) mass is 503 g/mol. The molecule has 0 radical (unpaired) electrons. The van der Waals surface area contributed by atoms with E-state index in [1.54, 1.807) is 49.0 Å². The molecule has 10 nitrogen and oxygen atoms in total. The fourth-order valence-electron chi connectivity index (χ4n) is 3.62. The van der Waals surface area contributed by atoms with Crippen LogP contribution in [0.5, 0.6) is 0 Å². The highest BCUT2D eigenvalue weighted by Crippen LogP contribution is 2.33. The number of amides is 1. The highest BCUT2D eigenvalue weighted by molar-refractivity contribution is 6.30. The van der Waals surface area contributed by atoms with E-state index in [4.69, 9.17) is 16.0 Å². The summed E-state index contributed by atoms with van der Waals surface area (Å²) in [6.07, 6.45) is 1.19. The van der Waals surface area contributed by atoms with Gasteiger partial charge in [-0.1, -0.05) is 29.8 Å². The van der Waals surface area contributed by atoms with Crippen molar-refractivity contribution in [2.45, 2.75) is 6.92 Å². The molecular weight excluding hydrogens is 486 g/mol. The molecular formula is C25H18ClN5O5. The second-order valence-corrected chi connectivity index (χ2v) is 8.12. The van der Waals surface area contributed by atoms with Crippen LogP contribution in [0.4, 0.5) is 11.4 Å². The van der Waals surface area contributed by atoms with Crippen LogP contribution in [-0.4, -0.2) is 20.2 Å². The number of nitrogens with one attached hydrogen (secondary N) is 1.